The first kappa shape index (κ1) is 30.1. The maximum absolute atomic E-state index is 6.36. The van der Waals surface area contributed by atoms with Crippen LogP contribution in [0.5, 0.6) is 0 Å². The summed E-state index contributed by atoms with van der Waals surface area (Å²) in [6.07, 6.45) is 12.8. The topological polar surface area (TPSA) is 42.5 Å². The quantitative estimate of drug-likeness (QED) is 0.272. The summed E-state index contributed by atoms with van der Waals surface area (Å²) in [5.74, 6) is 1.23. The summed E-state index contributed by atoms with van der Waals surface area (Å²) >= 11 is 0. The highest BCUT2D eigenvalue weighted by atomic mass is 16.5. The zero-order valence-electron chi connectivity index (χ0n) is 24.6. The molecule has 0 spiro atoms. The first-order valence-corrected chi connectivity index (χ1v) is 14.5. The van der Waals surface area contributed by atoms with E-state index >= 15 is 0 Å². The van der Waals surface area contributed by atoms with E-state index in [1.165, 1.54) is 38.5 Å². The largest absolute Gasteiger partial charge is 0.378 e. The highest BCUT2D eigenvalue weighted by molar-refractivity contribution is 5.02. The maximum atomic E-state index is 6.36. The molecule has 2 N–H and O–H groups in total. The third-order valence-corrected chi connectivity index (χ3v) is 8.82. The van der Waals surface area contributed by atoms with Gasteiger partial charge in [-0.25, -0.2) is 0 Å². The standard InChI is InChI=1S/C30H60N2O2/c1-23(2)29(9)21-25(19-27(5,6)31-29)33-17-15-13-11-12-14-16-18-34-26-20-28(7,8)32-30(10,22-26)24(3)4/h23-26,31-32H,11-22H2,1-10H3. The van der Waals surface area contributed by atoms with Crippen molar-refractivity contribution in [1.82, 2.24) is 10.6 Å². The molecule has 2 saturated heterocycles. The molecule has 4 unspecified atom stereocenters. The van der Waals surface area contributed by atoms with Crippen molar-refractivity contribution in [2.24, 2.45) is 11.8 Å². The Hall–Kier alpha value is -0.160. The molecule has 34 heavy (non-hydrogen) atoms. The van der Waals surface area contributed by atoms with Crippen LogP contribution in [0.15, 0.2) is 0 Å². The van der Waals surface area contributed by atoms with E-state index < -0.39 is 0 Å². The number of nitrogens with one attached hydrogen (secondary N) is 2. The molecule has 2 aliphatic rings. The van der Waals surface area contributed by atoms with Crippen molar-refractivity contribution in [3.05, 3.63) is 0 Å². The van der Waals surface area contributed by atoms with Crippen LogP contribution in [0.25, 0.3) is 0 Å². The van der Waals surface area contributed by atoms with Crippen molar-refractivity contribution < 1.29 is 9.47 Å². The van der Waals surface area contributed by atoms with Crippen LogP contribution in [0.3, 0.4) is 0 Å². The van der Waals surface area contributed by atoms with Crippen LogP contribution in [0.1, 0.15) is 133 Å². The predicted molar refractivity (Wildman–Crippen MR) is 147 cm³/mol. The SMILES string of the molecule is CC(C)C1(C)CC(OCCCCCCCCOC2CC(C)(C)NC(C)(C(C)C)C2)CC(C)(C)N1. The van der Waals surface area contributed by atoms with E-state index in [2.05, 4.69) is 79.9 Å². The Kier molecular flexibility index (Phi) is 11.0. The highest BCUT2D eigenvalue weighted by Gasteiger charge is 2.43. The van der Waals surface area contributed by atoms with Gasteiger partial charge in [0, 0.05) is 35.4 Å². The van der Waals surface area contributed by atoms with Crippen LogP contribution in [0, 0.1) is 11.8 Å². The maximum Gasteiger partial charge on any atom is 0.0610 e. The van der Waals surface area contributed by atoms with E-state index in [1.807, 2.05) is 0 Å². The fraction of sp³-hybridized carbons (Fsp3) is 1.00. The van der Waals surface area contributed by atoms with Gasteiger partial charge in [0.15, 0.2) is 0 Å². The molecule has 0 aromatic heterocycles. The first-order chi connectivity index (χ1) is 15.7. The lowest BCUT2D eigenvalue weighted by molar-refractivity contribution is -0.0385. The van der Waals surface area contributed by atoms with Crippen molar-refractivity contribution in [3.8, 4) is 0 Å². The fourth-order valence-corrected chi connectivity index (χ4v) is 6.39. The zero-order chi connectivity index (χ0) is 25.6. The summed E-state index contributed by atoms with van der Waals surface area (Å²) in [5.41, 5.74) is 0.653. The predicted octanol–water partition coefficient (Wildman–Crippen LogP) is 7.25. The summed E-state index contributed by atoms with van der Waals surface area (Å²) in [7, 11) is 0. The molecule has 2 heterocycles. The summed E-state index contributed by atoms with van der Waals surface area (Å²) in [6, 6.07) is 0. The Labute approximate surface area is 213 Å². The van der Waals surface area contributed by atoms with E-state index in [1.54, 1.807) is 0 Å². The number of hydrogen-bond donors (Lipinski definition) is 2. The number of rotatable bonds is 13. The summed E-state index contributed by atoms with van der Waals surface area (Å²) in [6.45, 7) is 25.2. The van der Waals surface area contributed by atoms with E-state index in [0.717, 1.165) is 38.9 Å². The molecule has 0 radical (unpaired) electrons. The molecule has 4 heteroatoms. The van der Waals surface area contributed by atoms with Gasteiger partial charge in [-0.2, -0.15) is 0 Å². The smallest absolute Gasteiger partial charge is 0.0610 e. The average Bonchev–Trinajstić information content (AvgIpc) is 2.66. The van der Waals surface area contributed by atoms with Gasteiger partial charge in [0.2, 0.25) is 0 Å². The molecular formula is C30H60N2O2. The average molecular weight is 481 g/mol. The summed E-state index contributed by atoms with van der Waals surface area (Å²) < 4.78 is 12.7. The van der Waals surface area contributed by atoms with Crippen molar-refractivity contribution in [2.75, 3.05) is 13.2 Å². The van der Waals surface area contributed by atoms with E-state index in [9.17, 15) is 0 Å². The monoisotopic (exact) mass is 480 g/mol. The second-order valence-electron chi connectivity index (χ2n) is 14.1. The third-order valence-electron chi connectivity index (χ3n) is 8.82. The Morgan fingerprint density at radius 2 is 0.882 bits per heavy atom. The van der Waals surface area contributed by atoms with Crippen LogP contribution < -0.4 is 10.6 Å². The lowest BCUT2D eigenvalue weighted by Crippen LogP contribution is -2.63. The molecule has 0 aliphatic carbocycles. The van der Waals surface area contributed by atoms with Crippen LogP contribution in [-0.2, 0) is 9.47 Å². The minimum atomic E-state index is 0.154. The second-order valence-corrected chi connectivity index (χ2v) is 14.1. The minimum Gasteiger partial charge on any atom is -0.378 e. The van der Waals surface area contributed by atoms with Gasteiger partial charge < -0.3 is 20.1 Å². The van der Waals surface area contributed by atoms with Gasteiger partial charge in [-0.15, -0.1) is 0 Å². The summed E-state index contributed by atoms with van der Waals surface area (Å²) in [4.78, 5) is 0. The molecule has 2 fully saturated rings. The molecule has 0 amide bonds. The number of ether oxygens (including phenoxy) is 2. The van der Waals surface area contributed by atoms with E-state index in [0.29, 0.717) is 24.0 Å². The normalized spacial score (nSPS) is 33.5. The van der Waals surface area contributed by atoms with Gasteiger partial charge in [0.1, 0.15) is 0 Å². The molecule has 4 atom stereocenters. The van der Waals surface area contributed by atoms with E-state index in [-0.39, 0.29) is 22.2 Å². The molecule has 0 aromatic rings. The molecule has 2 aliphatic heterocycles. The fourth-order valence-electron chi connectivity index (χ4n) is 6.39. The van der Waals surface area contributed by atoms with Crippen molar-refractivity contribution in [2.45, 2.75) is 168 Å². The zero-order valence-corrected chi connectivity index (χ0v) is 24.6. The Morgan fingerprint density at radius 3 is 1.21 bits per heavy atom. The third kappa shape index (κ3) is 9.37. The Balaban J connectivity index is 1.54. The van der Waals surface area contributed by atoms with Crippen LogP contribution in [0.2, 0.25) is 0 Å². The Morgan fingerprint density at radius 1 is 0.559 bits per heavy atom. The van der Waals surface area contributed by atoms with Crippen molar-refractivity contribution in [3.63, 3.8) is 0 Å². The number of hydrogen-bond acceptors (Lipinski definition) is 4. The van der Waals surface area contributed by atoms with Crippen LogP contribution >= 0.6 is 0 Å². The molecule has 0 saturated carbocycles. The van der Waals surface area contributed by atoms with Crippen molar-refractivity contribution in [1.29, 1.82) is 0 Å². The van der Waals surface area contributed by atoms with Gasteiger partial charge in [-0.1, -0.05) is 53.4 Å². The van der Waals surface area contributed by atoms with Gasteiger partial charge in [-0.3, -0.25) is 0 Å². The number of unbranched alkanes of at least 4 members (excludes halogenated alkanes) is 5. The van der Waals surface area contributed by atoms with E-state index in [4.69, 9.17) is 9.47 Å². The molecular weight excluding hydrogens is 420 g/mol. The lowest BCUT2D eigenvalue weighted by atomic mass is 9.74. The van der Waals surface area contributed by atoms with Gasteiger partial charge in [0.05, 0.1) is 12.2 Å². The number of piperidine rings is 2. The molecule has 2 rings (SSSR count). The molecule has 0 bridgehead atoms. The second kappa shape index (κ2) is 12.4. The molecule has 0 aromatic carbocycles. The van der Waals surface area contributed by atoms with Gasteiger partial charge in [-0.05, 0) is 91.9 Å². The van der Waals surface area contributed by atoms with Gasteiger partial charge >= 0.3 is 0 Å². The minimum absolute atomic E-state index is 0.154. The molecule has 4 nitrogen and oxygen atoms in total. The van der Waals surface area contributed by atoms with Crippen molar-refractivity contribution >= 4 is 0 Å². The van der Waals surface area contributed by atoms with Crippen LogP contribution in [-0.4, -0.2) is 47.6 Å². The molecule has 202 valence electrons. The Bertz CT molecular complexity index is 551. The van der Waals surface area contributed by atoms with Gasteiger partial charge in [0.25, 0.3) is 0 Å². The highest BCUT2D eigenvalue weighted by Crippen LogP contribution is 2.36. The first-order valence-electron chi connectivity index (χ1n) is 14.5. The lowest BCUT2D eigenvalue weighted by Gasteiger charge is -2.50. The summed E-state index contributed by atoms with van der Waals surface area (Å²) in [5, 5.41) is 7.75. The van der Waals surface area contributed by atoms with Crippen LogP contribution in [0.4, 0.5) is 0 Å².